The average Bonchev–Trinajstić information content (AvgIpc) is 2.34. The van der Waals surface area contributed by atoms with Gasteiger partial charge in [0, 0.05) is 6.07 Å². The minimum atomic E-state index is -0.948. The van der Waals surface area contributed by atoms with E-state index in [1.54, 1.807) is 12.1 Å². The van der Waals surface area contributed by atoms with Crippen molar-refractivity contribution in [2.45, 2.75) is 0 Å². The molecule has 0 saturated carbocycles. The zero-order valence-corrected chi connectivity index (χ0v) is 10.9. The van der Waals surface area contributed by atoms with Gasteiger partial charge < -0.3 is 5.32 Å². The maximum absolute atomic E-state index is 13.4. The smallest absolute Gasteiger partial charge is 0.258 e. The van der Waals surface area contributed by atoms with Gasteiger partial charge in [0.1, 0.15) is 11.6 Å². The highest BCUT2D eigenvalue weighted by Gasteiger charge is 2.14. The third kappa shape index (κ3) is 3.03. The Morgan fingerprint density at radius 2 is 1.84 bits per heavy atom. The number of halogens is 4. The Bertz CT molecular complexity index is 647. The predicted octanol–water partition coefficient (Wildman–Crippen LogP) is 4.52. The normalized spacial score (nSPS) is 10.3. The molecule has 98 valence electrons. The number of anilines is 1. The summed E-state index contributed by atoms with van der Waals surface area (Å²) in [5, 5.41) is 2.83. The molecule has 19 heavy (non-hydrogen) atoms. The third-order valence-corrected chi connectivity index (χ3v) is 3.19. The fraction of sp³-hybridized carbons (Fsp3) is 0. The number of amides is 1. The number of hydrogen-bond donors (Lipinski definition) is 1. The van der Waals surface area contributed by atoms with Crippen LogP contribution in [0.3, 0.4) is 0 Å². The van der Waals surface area contributed by atoms with E-state index >= 15 is 0 Å². The lowest BCUT2D eigenvalue weighted by molar-refractivity contribution is 0.102. The second kappa shape index (κ2) is 5.55. The third-order valence-electron chi connectivity index (χ3n) is 2.38. The molecule has 2 rings (SSSR count). The predicted molar refractivity (Wildman–Crippen MR) is 70.8 cm³/mol. The number of rotatable bonds is 2. The van der Waals surface area contributed by atoms with Crippen molar-refractivity contribution in [3.63, 3.8) is 0 Å². The molecule has 0 aliphatic rings. The molecule has 0 saturated heterocycles. The molecule has 2 nitrogen and oxygen atoms in total. The molecule has 0 aliphatic heterocycles. The van der Waals surface area contributed by atoms with Crippen molar-refractivity contribution in [3.05, 3.63) is 63.6 Å². The Hall–Kier alpha value is -1.65. The minimum absolute atomic E-state index is 0.153. The highest BCUT2D eigenvalue weighted by molar-refractivity contribution is 6.44. The van der Waals surface area contributed by atoms with Crippen LogP contribution in [-0.4, -0.2) is 5.91 Å². The SMILES string of the molecule is O=C(Nc1cccc(Cl)c1Cl)c1ccc(F)cc1F. The molecule has 0 heterocycles. The number of benzene rings is 2. The number of carbonyl (C=O) groups excluding carboxylic acids is 1. The van der Waals surface area contributed by atoms with Crippen LogP contribution in [-0.2, 0) is 0 Å². The van der Waals surface area contributed by atoms with Crippen LogP contribution in [0, 0.1) is 11.6 Å². The number of hydrogen-bond acceptors (Lipinski definition) is 1. The summed E-state index contributed by atoms with van der Waals surface area (Å²) in [7, 11) is 0. The van der Waals surface area contributed by atoms with Crippen molar-refractivity contribution in [3.8, 4) is 0 Å². The Labute approximate surface area is 118 Å². The first kappa shape index (κ1) is 13.8. The van der Waals surface area contributed by atoms with Crippen LogP contribution in [0.25, 0.3) is 0 Å². The van der Waals surface area contributed by atoms with Gasteiger partial charge in [0.25, 0.3) is 5.91 Å². The van der Waals surface area contributed by atoms with Gasteiger partial charge in [-0.25, -0.2) is 8.78 Å². The van der Waals surface area contributed by atoms with Crippen molar-refractivity contribution in [2.24, 2.45) is 0 Å². The van der Waals surface area contributed by atoms with Crippen LogP contribution in [0.2, 0.25) is 10.0 Å². The Kier molecular flexibility index (Phi) is 4.02. The molecule has 6 heteroatoms. The maximum atomic E-state index is 13.4. The van der Waals surface area contributed by atoms with E-state index in [9.17, 15) is 13.6 Å². The molecular weight excluding hydrogens is 295 g/mol. The molecule has 0 atom stereocenters. The molecule has 2 aromatic rings. The lowest BCUT2D eigenvalue weighted by atomic mass is 10.2. The van der Waals surface area contributed by atoms with Crippen LogP contribution in [0.1, 0.15) is 10.4 Å². The van der Waals surface area contributed by atoms with Crippen molar-refractivity contribution in [1.29, 1.82) is 0 Å². The summed E-state index contributed by atoms with van der Waals surface area (Å²) in [5.41, 5.74) is -0.0275. The van der Waals surface area contributed by atoms with Gasteiger partial charge in [-0.05, 0) is 24.3 Å². The van der Waals surface area contributed by atoms with E-state index < -0.39 is 17.5 Å². The fourth-order valence-corrected chi connectivity index (χ4v) is 1.81. The van der Waals surface area contributed by atoms with Crippen molar-refractivity contribution >= 4 is 34.8 Å². The zero-order chi connectivity index (χ0) is 14.0. The molecule has 0 spiro atoms. The molecule has 1 amide bonds. The van der Waals surface area contributed by atoms with E-state index in [1.807, 2.05) is 0 Å². The van der Waals surface area contributed by atoms with E-state index in [0.29, 0.717) is 6.07 Å². The number of nitrogens with one attached hydrogen (secondary N) is 1. The first-order valence-corrected chi connectivity index (χ1v) is 5.95. The second-order valence-corrected chi connectivity index (χ2v) is 4.46. The van der Waals surface area contributed by atoms with Crippen LogP contribution >= 0.6 is 23.2 Å². The van der Waals surface area contributed by atoms with Gasteiger partial charge in [0.15, 0.2) is 0 Å². The van der Waals surface area contributed by atoms with Gasteiger partial charge in [-0.15, -0.1) is 0 Å². The summed E-state index contributed by atoms with van der Waals surface area (Å²) in [5.74, 6) is -2.44. The van der Waals surface area contributed by atoms with Crippen molar-refractivity contribution in [1.82, 2.24) is 0 Å². The lowest BCUT2D eigenvalue weighted by Gasteiger charge is -2.08. The molecule has 0 bridgehead atoms. The second-order valence-electron chi connectivity index (χ2n) is 3.68. The Morgan fingerprint density at radius 3 is 2.53 bits per heavy atom. The van der Waals surface area contributed by atoms with Gasteiger partial charge in [-0.3, -0.25) is 4.79 Å². The quantitative estimate of drug-likeness (QED) is 0.868. The largest absolute Gasteiger partial charge is 0.320 e. The van der Waals surface area contributed by atoms with Crippen LogP contribution < -0.4 is 5.32 Å². The highest BCUT2D eigenvalue weighted by Crippen LogP contribution is 2.29. The minimum Gasteiger partial charge on any atom is -0.320 e. The van der Waals surface area contributed by atoms with Crippen LogP contribution in [0.4, 0.5) is 14.5 Å². The van der Waals surface area contributed by atoms with Crippen molar-refractivity contribution < 1.29 is 13.6 Å². The summed E-state index contributed by atoms with van der Waals surface area (Å²) in [6.07, 6.45) is 0. The van der Waals surface area contributed by atoms with Crippen molar-refractivity contribution in [2.75, 3.05) is 5.32 Å². The van der Waals surface area contributed by atoms with Gasteiger partial charge in [0.2, 0.25) is 0 Å². The molecule has 0 radical (unpaired) electrons. The molecule has 0 aromatic heterocycles. The molecule has 0 unspecified atom stereocenters. The van der Waals surface area contributed by atoms with E-state index in [0.717, 1.165) is 12.1 Å². The molecule has 1 N–H and O–H groups in total. The highest BCUT2D eigenvalue weighted by atomic mass is 35.5. The summed E-state index contributed by atoms with van der Waals surface area (Å²) in [6, 6.07) is 7.35. The molecule has 0 fully saturated rings. The van der Waals surface area contributed by atoms with Gasteiger partial charge in [0.05, 0.1) is 21.3 Å². The summed E-state index contributed by atoms with van der Waals surface area (Å²) in [6.45, 7) is 0. The van der Waals surface area contributed by atoms with E-state index in [2.05, 4.69) is 5.32 Å². The van der Waals surface area contributed by atoms with Gasteiger partial charge in [-0.1, -0.05) is 29.3 Å². The van der Waals surface area contributed by atoms with Gasteiger partial charge in [-0.2, -0.15) is 0 Å². The molecular formula is C13H7Cl2F2NO. The lowest BCUT2D eigenvalue weighted by Crippen LogP contribution is -2.14. The standard InChI is InChI=1S/C13H7Cl2F2NO/c14-9-2-1-3-11(12(9)15)18-13(19)8-5-4-7(16)6-10(8)17/h1-6H,(H,18,19). The van der Waals surface area contributed by atoms with Crippen LogP contribution in [0.15, 0.2) is 36.4 Å². The maximum Gasteiger partial charge on any atom is 0.258 e. The van der Waals surface area contributed by atoms with E-state index in [4.69, 9.17) is 23.2 Å². The average molecular weight is 302 g/mol. The monoisotopic (exact) mass is 301 g/mol. The Morgan fingerprint density at radius 1 is 1.11 bits per heavy atom. The summed E-state index contributed by atoms with van der Waals surface area (Å²) >= 11 is 11.7. The zero-order valence-electron chi connectivity index (χ0n) is 9.38. The topological polar surface area (TPSA) is 29.1 Å². The van der Waals surface area contributed by atoms with E-state index in [1.165, 1.54) is 6.07 Å². The number of carbonyl (C=O) groups is 1. The molecule has 0 aliphatic carbocycles. The van der Waals surface area contributed by atoms with Crippen LogP contribution in [0.5, 0.6) is 0 Å². The molecule has 2 aromatic carbocycles. The summed E-state index contributed by atoms with van der Waals surface area (Å²) < 4.78 is 26.2. The van der Waals surface area contributed by atoms with Gasteiger partial charge >= 0.3 is 0 Å². The first-order chi connectivity index (χ1) is 8.99. The fourth-order valence-electron chi connectivity index (χ4n) is 1.46. The first-order valence-electron chi connectivity index (χ1n) is 5.19. The van der Waals surface area contributed by atoms with E-state index in [-0.39, 0.29) is 21.3 Å². The Balaban J connectivity index is 2.28. The summed E-state index contributed by atoms with van der Waals surface area (Å²) in [4.78, 5) is 11.8.